The van der Waals surface area contributed by atoms with E-state index in [1.54, 1.807) is 0 Å². The van der Waals surface area contributed by atoms with Crippen molar-refractivity contribution in [2.75, 3.05) is 0 Å². The lowest BCUT2D eigenvalue weighted by Crippen LogP contribution is -2.38. The van der Waals surface area contributed by atoms with Crippen molar-refractivity contribution in [3.63, 3.8) is 0 Å². The molecule has 0 aliphatic rings. The molecule has 0 atom stereocenters. The lowest BCUT2D eigenvalue weighted by Gasteiger charge is -2.15. The Balaban J connectivity index is 4.01. The second-order valence-electron chi connectivity index (χ2n) is 0.975. The molecule has 0 amide bonds. The van der Waals surface area contributed by atoms with Crippen LogP contribution >= 0.6 is 11.6 Å². The largest absolute Gasteiger partial charge is 0.406 e. The highest BCUT2D eigenvalue weighted by Gasteiger charge is 2.46. The van der Waals surface area contributed by atoms with Crippen LogP contribution in [0, 0.1) is 0 Å². The molecule has 9 heavy (non-hydrogen) atoms. The van der Waals surface area contributed by atoms with Gasteiger partial charge in [-0.05, 0) is 11.6 Å². The molecule has 0 fully saturated rings. The molecular formula is CClF5N2. The molecule has 0 heterocycles. The average molecular weight is 170 g/mol. The third kappa shape index (κ3) is 1.92. The Morgan fingerprint density at radius 2 is 1.22 bits per heavy atom. The van der Waals surface area contributed by atoms with E-state index in [0.717, 1.165) is 0 Å². The Labute approximate surface area is 51.1 Å². The zero-order valence-corrected chi connectivity index (χ0v) is 4.42. The van der Waals surface area contributed by atoms with Crippen molar-refractivity contribution in [2.24, 2.45) is 0 Å². The molecule has 0 aromatic carbocycles. The Morgan fingerprint density at radius 1 is 1.00 bits per heavy atom. The van der Waals surface area contributed by atoms with Crippen molar-refractivity contribution in [3.05, 3.63) is 0 Å². The number of halogens is 6. The minimum atomic E-state index is -4.53. The molecule has 0 aliphatic heterocycles. The first kappa shape index (κ1) is 8.86. The maximum atomic E-state index is 11.5. The van der Waals surface area contributed by atoms with Gasteiger partial charge in [-0.15, -0.1) is 0 Å². The van der Waals surface area contributed by atoms with Crippen LogP contribution in [0.1, 0.15) is 0 Å². The standard InChI is InChI=1S/CClF5N2/c2-1(3,8(4)5)9(6)7. The molecule has 8 heteroatoms. The van der Waals surface area contributed by atoms with Crippen molar-refractivity contribution in [1.29, 1.82) is 0 Å². The molecule has 56 valence electrons. The van der Waals surface area contributed by atoms with Gasteiger partial charge in [0.15, 0.2) is 0 Å². The molecule has 0 saturated carbocycles. The summed E-state index contributed by atoms with van der Waals surface area (Å²) in [6.45, 7) is 0. The molecule has 0 aromatic rings. The van der Waals surface area contributed by atoms with E-state index >= 15 is 0 Å². The lowest BCUT2D eigenvalue weighted by molar-refractivity contribution is -0.380. The zero-order chi connectivity index (χ0) is 7.65. The second kappa shape index (κ2) is 2.63. The SMILES string of the molecule is FN(F)C(F)(Cl)N(F)F. The van der Waals surface area contributed by atoms with Gasteiger partial charge in [0.05, 0.1) is 10.7 Å². The van der Waals surface area contributed by atoms with Crippen LogP contribution in [-0.2, 0) is 0 Å². The van der Waals surface area contributed by atoms with E-state index in [2.05, 4.69) is 11.6 Å². The smallest absolute Gasteiger partial charge is 0.178 e. The minimum Gasteiger partial charge on any atom is -0.178 e. The van der Waals surface area contributed by atoms with Crippen molar-refractivity contribution >= 4 is 11.6 Å². The van der Waals surface area contributed by atoms with Gasteiger partial charge in [0.2, 0.25) is 0 Å². The van der Waals surface area contributed by atoms with Crippen LogP contribution in [0.5, 0.6) is 0 Å². The number of nitrogens with zero attached hydrogens (tertiary/aromatic N) is 2. The molecule has 0 aliphatic carbocycles. The van der Waals surface area contributed by atoms with Crippen LogP contribution in [0.2, 0.25) is 0 Å². The highest BCUT2D eigenvalue weighted by Crippen LogP contribution is 2.28. The van der Waals surface area contributed by atoms with Gasteiger partial charge < -0.3 is 0 Å². The van der Waals surface area contributed by atoms with E-state index in [0.29, 0.717) is 0 Å². The first-order valence-corrected chi connectivity index (χ1v) is 1.88. The fraction of sp³-hybridized carbons (Fsp3) is 1.00. The van der Waals surface area contributed by atoms with Crippen molar-refractivity contribution in [2.45, 2.75) is 5.38 Å². The van der Waals surface area contributed by atoms with E-state index in [9.17, 15) is 22.3 Å². The zero-order valence-electron chi connectivity index (χ0n) is 3.66. The average Bonchev–Trinajstić information content (AvgIpc) is 1.65. The van der Waals surface area contributed by atoms with Gasteiger partial charge in [-0.25, -0.2) is 0 Å². The molecule has 0 radical (unpaired) electrons. The predicted molar refractivity (Wildman–Crippen MR) is 17.8 cm³/mol. The predicted octanol–water partition coefficient (Wildman–Crippen LogP) is 1.95. The molecule has 0 N–H and O–H groups in total. The lowest BCUT2D eigenvalue weighted by atomic mass is 11.1. The molecule has 0 unspecified atom stereocenters. The molecule has 0 spiro atoms. The fourth-order valence-corrected chi connectivity index (χ4v) is 0.0571. The quantitative estimate of drug-likeness (QED) is 0.205. The van der Waals surface area contributed by atoms with E-state index in [4.69, 9.17) is 0 Å². The summed E-state index contributed by atoms with van der Waals surface area (Å²) in [4.78, 5) is 0. The van der Waals surface area contributed by atoms with Gasteiger partial charge in [-0.2, -0.15) is 4.39 Å². The summed E-state index contributed by atoms with van der Waals surface area (Å²) >= 11 is 3.89. The van der Waals surface area contributed by atoms with Gasteiger partial charge in [-0.1, -0.05) is 17.9 Å². The molecule has 2 nitrogen and oxygen atoms in total. The summed E-state index contributed by atoms with van der Waals surface area (Å²) in [6, 6.07) is 0. The van der Waals surface area contributed by atoms with Crippen LogP contribution in [0.15, 0.2) is 0 Å². The van der Waals surface area contributed by atoms with Crippen LogP contribution in [-0.4, -0.2) is 16.1 Å². The summed E-state index contributed by atoms with van der Waals surface area (Å²) in [7, 11) is 0. The van der Waals surface area contributed by atoms with Gasteiger partial charge in [0, 0.05) is 0 Å². The van der Waals surface area contributed by atoms with E-state index in [1.165, 1.54) is 0 Å². The van der Waals surface area contributed by atoms with Gasteiger partial charge >= 0.3 is 5.38 Å². The normalized spacial score (nSPS) is 13.3. The summed E-state index contributed by atoms with van der Waals surface area (Å²) in [5.41, 5.74) is 0. The summed E-state index contributed by atoms with van der Waals surface area (Å²) in [5, 5.41) is -9.46. The second-order valence-corrected chi connectivity index (χ2v) is 1.46. The highest BCUT2D eigenvalue weighted by molar-refractivity contribution is 6.21. The fourth-order valence-electron chi connectivity index (χ4n) is 0.0571. The maximum Gasteiger partial charge on any atom is 0.406 e. The van der Waals surface area contributed by atoms with E-state index in [1.807, 2.05) is 0 Å². The van der Waals surface area contributed by atoms with E-state index in [-0.39, 0.29) is 0 Å². The van der Waals surface area contributed by atoms with Gasteiger partial charge in [-0.3, -0.25) is 0 Å². The summed E-state index contributed by atoms with van der Waals surface area (Å²) < 4.78 is 54.9. The third-order valence-electron chi connectivity index (χ3n) is 0.407. The molecular weight excluding hydrogens is 170 g/mol. The first-order chi connectivity index (χ1) is 3.89. The number of rotatable bonds is 2. The van der Waals surface area contributed by atoms with Crippen LogP contribution in [0.25, 0.3) is 0 Å². The number of alkyl halides is 2. The molecule has 0 rings (SSSR count). The van der Waals surface area contributed by atoms with Crippen molar-refractivity contribution in [3.8, 4) is 0 Å². The first-order valence-electron chi connectivity index (χ1n) is 1.50. The third-order valence-corrected chi connectivity index (χ3v) is 0.662. The summed E-state index contributed by atoms with van der Waals surface area (Å²) in [6.07, 6.45) is 0. The van der Waals surface area contributed by atoms with E-state index < -0.39 is 16.1 Å². The van der Waals surface area contributed by atoms with Crippen LogP contribution in [0.3, 0.4) is 0 Å². The van der Waals surface area contributed by atoms with Crippen molar-refractivity contribution in [1.82, 2.24) is 10.7 Å². The van der Waals surface area contributed by atoms with Crippen molar-refractivity contribution < 1.29 is 22.3 Å². The highest BCUT2D eigenvalue weighted by atomic mass is 35.5. The van der Waals surface area contributed by atoms with Gasteiger partial charge in [0.1, 0.15) is 0 Å². The topological polar surface area (TPSA) is 6.48 Å². The Morgan fingerprint density at radius 3 is 1.22 bits per heavy atom. The Kier molecular flexibility index (Phi) is 2.59. The minimum absolute atomic E-state index is 2.46. The van der Waals surface area contributed by atoms with Crippen LogP contribution in [0.4, 0.5) is 22.3 Å². The monoisotopic (exact) mass is 170 g/mol. The Bertz CT molecular complexity index is 83.0. The molecule has 0 bridgehead atoms. The Hall–Kier alpha value is -0.140. The number of hydrogen-bond acceptors (Lipinski definition) is 2. The summed E-state index contributed by atoms with van der Waals surface area (Å²) in [5.74, 6) is 0. The number of hydrogen-bond donors (Lipinski definition) is 0. The molecule has 0 aromatic heterocycles. The molecule has 0 saturated heterocycles. The van der Waals surface area contributed by atoms with Gasteiger partial charge in [0.25, 0.3) is 0 Å². The maximum absolute atomic E-state index is 11.5. The van der Waals surface area contributed by atoms with Crippen LogP contribution < -0.4 is 0 Å².